The van der Waals surface area contributed by atoms with E-state index in [-0.39, 0.29) is 0 Å². The number of aliphatic carboxylic acids is 1. The van der Waals surface area contributed by atoms with E-state index in [1.807, 2.05) is 13.8 Å². The smallest absolute Gasteiger partial charge is 0.416 e. The van der Waals surface area contributed by atoms with Gasteiger partial charge in [-0.15, -0.1) is 0 Å². The molecule has 0 radical (unpaired) electrons. The van der Waals surface area contributed by atoms with Gasteiger partial charge in [-0.3, -0.25) is 4.79 Å². The highest BCUT2D eigenvalue weighted by Gasteiger charge is 2.30. The Labute approximate surface area is 163 Å². The number of alkyl halides is 3. The summed E-state index contributed by atoms with van der Waals surface area (Å²) in [7, 11) is 0. The maximum Gasteiger partial charge on any atom is 0.416 e. The Balaban J connectivity index is 2.46. The summed E-state index contributed by atoms with van der Waals surface area (Å²) in [5, 5.41) is 9.64. The minimum atomic E-state index is -4.40. The van der Waals surface area contributed by atoms with Gasteiger partial charge in [0, 0.05) is 0 Å². The van der Waals surface area contributed by atoms with Crippen LogP contribution in [-0.2, 0) is 11.0 Å². The van der Waals surface area contributed by atoms with Crippen molar-refractivity contribution in [1.29, 1.82) is 0 Å². The van der Waals surface area contributed by atoms with Crippen LogP contribution in [0.5, 0.6) is 5.75 Å². The van der Waals surface area contributed by atoms with E-state index >= 15 is 0 Å². The number of hydrogen-bond donors (Lipinski definition) is 1. The summed E-state index contributed by atoms with van der Waals surface area (Å²) in [6, 6.07) is 10.0. The zero-order valence-corrected chi connectivity index (χ0v) is 16.1. The maximum atomic E-state index is 12.8. The van der Waals surface area contributed by atoms with Crippen LogP contribution in [0.3, 0.4) is 0 Å². The van der Waals surface area contributed by atoms with Crippen molar-refractivity contribution in [3.63, 3.8) is 0 Å². The summed E-state index contributed by atoms with van der Waals surface area (Å²) >= 11 is 0. The number of rotatable bonds is 9. The maximum absolute atomic E-state index is 12.8. The van der Waals surface area contributed by atoms with Crippen molar-refractivity contribution < 1.29 is 27.8 Å². The summed E-state index contributed by atoms with van der Waals surface area (Å²) in [5.41, 5.74) is 1.10. The Morgan fingerprint density at radius 1 is 1.04 bits per heavy atom. The monoisotopic (exact) mass is 394 g/mol. The average molecular weight is 394 g/mol. The van der Waals surface area contributed by atoms with Crippen molar-refractivity contribution in [3.05, 3.63) is 53.6 Å². The van der Waals surface area contributed by atoms with Gasteiger partial charge in [-0.25, -0.2) is 0 Å². The number of benzene rings is 2. The van der Waals surface area contributed by atoms with Crippen molar-refractivity contribution in [3.8, 4) is 16.9 Å². The van der Waals surface area contributed by atoms with E-state index < -0.39 is 23.6 Å². The second-order valence-corrected chi connectivity index (χ2v) is 6.75. The number of halogens is 3. The molecule has 2 aromatic rings. The molecule has 3 nitrogen and oxygen atoms in total. The lowest BCUT2D eigenvalue weighted by Gasteiger charge is -2.17. The molecule has 1 atom stereocenters. The summed E-state index contributed by atoms with van der Waals surface area (Å²) in [4.78, 5) is 11.8. The molecule has 0 saturated carbocycles. The molecule has 0 aliphatic carbocycles. The predicted molar refractivity (Wildman–Crippen MR) is 103 cm³/mol. The highest BCUT2D eigenvalue weighted by atomic mass is 19.4. The molecule has 2 aromatic carbocycles. The van der Waals surface area contributed by atoms with Crippen LogP contribution in [0.15, 0.2) is 42.5 Å². The van der Waals surface area contributed by atoms with Crippen molar-refractivity contribution in [1.82, 2.24) is 0 Å². The summed E-state index contributed by atoms with van der Waals surface area (Å²) < 4.78 is 44.1. The predicted octanol–water partition coefficient (Wildman–Crippen LogP) is 6.52. The van der Waals surface area contributed by atoms with Crippen LogP contribution in [0.2, 0.25) is 0 Å². The minimum Gasteiger partial charge on any atom is -0.494 e. The zero-order valence-electron chi connectivity index (χ0n) is 16.1. The molecule has 1 unspecified atom stereocenters. The first-order valence-electron chi connectivity index (χ1n) is 9.44. The molecular weight excluding hydrogens is 369 g/mol. The van der Waals surface area contributed by atoms with Crippen LogP contribution in [0.1, 0.15) is 56.6 Å². The van der Waals surface area contributed by atoms with Crippen molar-refractivity contribution >= 4 is 5.97 Å². The van der Waals surface area contributed by atoms with Crippen LogP contribution in [0, 0.1) is 0 Å². The fourth-order valence-corrected chi connectivity index (χ4v) is 2.99. The van der Waals surface area contributed by atoms with Crippen LogP contribution in [0.4, 0.5) is 13.2 Å². The molecule has 1 N–H and O–H groups in total. The number of ether oxygens (including phenoxy) is 1. The molecule has 0 aromatic heterocycles. The van der Waals surface area contributed by atoms with Gasteiger partial charge in [-0.1, -0.05) is 44.9 Å². The topological polar surface area (TPSA) is 46.5 Å². The molecule has 152 valence electrons. The number of carboxylic acid groups (broad SMARTS) is 1. The number of carbonyl (C=O) groups is 1. The molecule has 0 bridgehead atoms. The first kappa shape index (κ1) is 21.8. The van der Waals surface area contributed by atoms with Crippen molar-refractivity contribution in [2.45, 2.75) is 51.6 Å². The SMILES string of the molecule is CCCCC(C(=O)O)c1cc(OCCC)cc(-c2ccc(C(F)(F)F)cc2)c1. The van der Waals surface area contributed by atoms with E-state index in [9.17, 15) is 23.1 Å². The van der Waals surface area contributed by atoms with Crippen LogP contribution in [0.25, 0.3) is 11.1 Å². The lowest BCUT2D eigenvalue weighted by atomic mass is 9.90. The number of hydrogen-bond acceptors (Lipinski definition) is 2. The third kappa shape index (κ3) is 5.75. The van der Waals surface area contributed by atoms with E-state index in [4.69, 9.17) is 4.74 Å². The Hall–Kier alpha value is -2.50. The Morgan fingerprint density at radius 3 is 2.25 bits per heavy atom. The molecule has 0 aliphatic rings. The second-order valence-electron chi connectivity index (χ2n) is 6.75. The Morgan fingerprint density at radius 2 is 1.71 bits per heavy atom. The van der Waals surface area contributed by atoms with Crippen LogP contribution in [-0.4, -0.2) is 17.7 Å². The lowest BCUT2D eigenvalue weighted by molar-refractivity contribution is -0.139. The van der Waals surface area contributed by atoms with Crippen LogP contribution >= 0.6 is 0 Å². The summed E-state index contributed by atoms with van der Waals surface area (Å²) in [6.07, 6.45) is -1.47. The van der Waals surface area contributed by atoms with Gasteiger partial charge >= 0.3 is 12.1 Å². The van der Waals surface area contributed by atoms with E-state index in [2.05, 4.69) is 0 Å². The molecule has 0 saturated heterocycles. The van der Waals surface area contributed by atoms with Gasteiger partial charge in [0.2, 0.25) is 0 Å². The first-order chi connectivity index (χ1) is 13.3. The molecule has 0 heterocycles. The fraction of sp³-hybridized carbons (Fsp3) is 0.409. The Bertz CT molecular complexity index is 783. The first-order valence-corrected chi connectivity index (χ1v) is 9.44. The van der Waals surface area contributed by atoms with E-state index in [0.717, 1.165) is 31.4 Å². The second kappa shape index (κ2) is 9.62. The zero-order chi connectivity index (χ0) is 20.7. The molecular formula is C22H25F3O3. The normalized spacial score (nSPS) is 12.6. The lowest BCUT2D eigenvalue weighted by Crippen LogP contribution is -2.12. The summed E-state index contributed by atoms with van der Waals surface area (Å²) in [6.45, 7) is 4.43. The van der Waals surface area contributed by atoms with Crippen molar-refractivity contribution in [2.24, 2.45) is 0 Å². The average Bonchev–Trinajstić information content (AvgIpc) is 2.65. The highest BCUT2D eigenvalue weighted by Crippen LogP contribution is 2.34. The largest absolute Gasteiger partial charge is 0.494 e. The standard InChI is InChI=1S/C22H25F3O3/c1-3-5-6-20(21(26)27)17-12-16(13-19(14-17)28-11-4-2)15-7-9-18(10-8-15)22(23,24)25/h7-10,12-14,20H,3-6,11H2,1-2H3,(H,26,27). The molecule has 28 heavy (non-hydrogen) atoms. The van der Waals surface area contributed by atoms with Crippen LogP contribution < -0.4 is 4.74 Å². The molecule has 2 rings (SSSR count). The molecule has 0 amide bonds. The molecule has 0 fully saturated rings. The number of unbranched alkanes of at least 4 members (excludes halogenated alkanes) is 1. The van der Waals surface area contributed by atoms with Gasteiger partial charge in [0.25, 0.3) is 0 Å². The minimum absolute atomic E-state index is 0.475. The summed E-state index contributed by atoms with van der Waals surface area (Å²) in [5.74, 6) is -1.07. The van der Waals surface area contributed by atoms with E-state index in [0.29, 0.717) is 35.5 Å². The highest BCUT2D eigenvalue weighted by molar-refractivity contribution is 5.78. The van der Waals surface area contributed by atoms with Gasteiger partial charge in [0.05, 0.1) is 18.1 Å². The fourth-order valence-electron chi connectivity index (χ4n) is 2.99. The van der Waals surface area contributed by atoms with Gasteiger partial charge in [0.15, 0.2) is 0 Å². The quantitative estimate of drug-likeness (QED) is 0.527. The number of carboxylic acids is 1. The van der Waals surface area contributed by atoms with E-state index in [1.54, 1.807) is 18.2 Å². The van der Waals surface area contributed by atoms with Gasteiger partial charge in [-0.2, -0.15) is 13.2 Å². The molecule has 0 aliphatic heterocycles. The van der Waals surface area contributed by atoms with E-state index in [1.165, 1.54) is 12.1 Å². The Kier molecular flexibility index (Phi) is 7.49. The third-order valence-corrected chi connectivity index (χ3v) is 4.49. The van der Waals surface area contributed by atoms with Crippen molar-refractivity contribution in [2.75, 3.05) is 6.61 Å². The third-order valence-electron chi connectivity index (χ3n) is 4.49. The molecule has 6 heteroatoms. The van der Waals surface area contributed by atoms with Gasteiger partial charge in [0.1, 0.15) is 5.75 Å². The van der Waals surface area contributed by atoms with Gasteiger partial charge in [-0.05, 0) is 53.8 Å². The molecule has 0 spiro atoms. The van der Waals surface area contributed by atoms with Gasteiger partial charge < -0.3 is 9.84 Å².